The van der Waals surface area contributed by atoms with E-state index < -0.39 is 35.8 Å². The smallest absolute Gasteiger partial charge is 0.416 e. The average Bonchev–Trinajstić information content (AvgIpc) is 2.72. The molecule has 0 aliphatic rings. The first-order valence-electron chi connectivity index (χ1n) is 8.89. The maximum absolute atomic E-state index is 13.2. The molecule has 0 aliphatic carbocycles. The molecule has 0 saturated heterocycles. The second-order valence-corrected chi connectivity index (χ2v) is 5.97. The molecule has 0 bridgehead atoms. The van der Waals surface area contributed by atoms with Gasteiger partial charge in [0.1, 0.15) is 12.0 Å². The lowest BCUT2D eigenvalue weighted by molar-refractivity contribution is -0.137. The number of rotatable bonds is 9. The molecule has 2 rings (SSSR count). The van der Waals surface area contributed by atoms with Gasteiger partial charge in [-0.2, -0.15) is 22.0 Å². The lowest BCUT2D eigenvalue weighted by atomic mass is 10.1. The van der Waals surface area contributed by atoms with E-state index in [1.807, 2.05) is 0 Å². The molecule has 0 spiro atoms. The third-order valence-electron chi connectivity index (χ3n) is 3.77. The molecule has 0 aliphatic heterocycles. The summed E-state index contributed by atoms with van der Waals surface area (Å²) in [5.74, 6) is -2.25. The van der Waals surface area contributed by atoms with Gasteiger partial charge >= 0.3 is 12.8 Å². The number of ether oxygens (including phenoxy) is 2. The van der Waals surface area contributed by atoms with E-state index in [4.69, 9.17) is 4.74 Å². The van der Waals surface area contributed by atoms with Crippen molar-refractivity contribution in [2.24, 2.45) is 0 Å². The van der Waals surface area contributed by atoms with Gasteiger partial charge in [-0.05, 0) is 42.6 Å². The molecule has 0 radical (unpaired) electrons. The highest BCUT2D eigenvalue weighted by atomic mass is 19.4. The van der Waals surface area contributed by atoms with Crippen molar-refractivity contribution in [1.82, 2.24) is 10.6 Å². The van der Waals surface area contributed by atoms with E-state index in [1.54, 1.807) is 7.05 Å². The van der Waals surface area contributed by atoms with Crippen LogP contribution in [0.4, 0.5) is 22.0 Å². The Kier molecular flexibility index (Phi) is 8.33. The molecule has 0 saturated carbocycles. The zero-order valence-corrected chi connectivity index (χ0v) is 16.5. The lowest BCUT2D eigenvalue weighted by Gasteiger charge is -2.16. The van der Waals surface area contributed by atoms with Crippen LogP contribution in [0.3, 0.4) is 0 Å². The molecule has 11 heteroatoms. The Morgan fingerprint density at radius 3 is 2.34 bits per heavy atom. The van der Waals surface area contributed by atoms with E-state index in [0.29, 0.717) is 18.4 Å². The quantitative estimate of drug-likeness (QED) is 0.249. The molecule has 2 aromatic rings. The normalized spacial score (nSPS) is 12.0. The number of carbonyl (C=O) groups is 2. The number of para-hydroxylation sites is 2. The van der Waals surface area contributed by atoms with E-state index in [-0.39, 0.29) is 17.0 Å². The minimum Gasteiger partial charge on any atom is -0.453 e. The van der Waals surface area contributed by atoms with Crippen LogP contribution in [0.1, 0.15) is 15.9 Å². The van der Waals surface area contributed by atoms with E-state index in [0.717, 1.165) is 18.2 Å². The van der Waals surface area contributed by atoms with E-state index in [9.17, 15) is 31.5 Å². The van der Waals surface area contributed by atoms with Gasteiger partial charge in [-0.1, -0.05) is 12.1 Å². The molecular weight excluding hydrogens is 439 g/mol. The molecule has 32 heavy (non-hydrogen) atoms. The fourth-order valence-corrected chi connectivity index (χ4v) is 2.40. The standard InChI is InChI=1S/C21H17F5N2O4/c1-27-10-8-14(9-11-29)28-19(30)15-7-6-13(21(24,25)26)12-18(15)31-16-4-2-3-5-17(16)32-20(22)23/h2-12,20,27H,1H3,(H,28,30)/b10-8-,14-9+. The van der Waals surface area contributed by atoms with Gasteiger partial charge in [-0.3, -0.25) is 9.59 Å². The Balaban J connectivity index is 2.49. The van der Waals surface area contributed by atoms with Crippen LogP contribution >= 0.6 is 0 Å². The van der Waals surface area contributed by atoms with Gasteiger partial charge in [0.05, 0.1) is 11.1 Å². The van der Waals surface area contributed by atoms with Crippen LogP contribution in [0.15, 0.2) is 66.5 Å². The number of halogens is 5. The minimum absolute atomic E-state index is 0.0339. The van der Waals surface area contributed by atoms with Crippen molar-refractivity contribution in [3.05, 3.63) is 77.6 Å². The van der Waals surface area contributed by atoms with Gasteiger partial charge in [0.25, 0.3) is 5.91 Å². The Morgan fingerprint density at radius 2 is 1.75 bits per heavy atom. The van der Waals surface area contributed by atoms with Crippen molar-refractivity contribution in [3.8, 4) is 17.2 Å². The van der Waals surface area contributed by atoms with Crippen LogP contribution in [0.5, 0.6) is 17.2 Å². The average molecular weight is 456 g/mol. The second kappa shape index (κ2) is 10.9. The molecule has 6 nitrogen and oxygen atoms in total. The Morgan fingerprint density at radius 1 is 1.06 bits per heavy atom. The van der Waals surface area contributed by atoms with E-state index >= 15 is 0 Å². The molecule has 0 unspecified atom stereocenters. The number of alkyl halides is 5. The minimum atomic E-state index is -4.76. The second-order valence-electron chi connectivity index (χ2n) is 5.97. The van der Waals surface area contributed by atoms with Gasteiger partial charge < -0.3 is 20.1 Å². The van der Waals surface area contributed by atoms with E-state index in [2.05, 4.69) is 15.4 Å². The first-order chi connectivity index (χ1) is 15.2. The summed E-state index contributed by atoms with van der Waals surface area (Å²) in [5, 5.41) is 5.00. The molecule has 1 amide bonds. The van der Waals surface area contributed by atoms with Crippen LogP contribution in [-0.2, 0) is 11.0 Å². The number of nitrogens with one attached hydrogen (secondary N) is 2. The molecular formula is C21H17F5N2O4. The number of allylic oxidation sites excluding steroid dienone is 2. The van der Waals surface area contributed by atoms with Crippen molar-refractivity contribution in [2.45, 2.75) is 12.8 Å². The molecule has 0 heterocycles. The highest BCUT2D eigenvalue weighted by molar-refractivity contribution is 5.98. The summed E-state index contributed by atoms with van der Waals surface area (Å²) in [6.45, 7) is -3.21. The van der Waals surface area contributed by atoms with Gasteiger partial charge in [-0.15, -0.1) is 0 Å². The first-order valence-corrected chi connectivity index (χ1v) is 8.89. The largest absolute Gasteiger partial charge is 0.453 e. The SMILES string of the molecule is CN/C=C\C(=C/C=O)NC(=O)c1ccc(C(F)(F)F)cc1Oc1ccccc1OC(F)F. The molecule has 2 N–H and O–H groups in total. The predicted octanol–water partition coefficient (Wildman–Crippen LogP) is 4.64. The summed E-state index contributed by atoms with van der Waals surface area (Å²) in [5.41, 5.74) is -1.44. The number of benzene rings is 2. The van der Waals surface area contributed by atoms with Crippen molar-refractivity contribution in [1.29, 1.82) is 0 Å². The summed E-state index contributed by atoms with van der Waals surface area (Å²) in [6, 6.07) is 7.14. The van der Waals surface area contributed by atoms with Crippen molar-refractivity contribution >= 4 is 12.2 Å². The van der Waals surface area contributed by atoms with Crippen LogP contribution in [0, 0.1) is 0 Å². The summed E-state index contributed by atoms with van der Waals surface area (Å²) < 4.78 is 74.6. The number of amides is 1. The zero-order valence-electron chi connectivity index (χ0n) is 16.5. The third-order valence-corrected chi connectivity index (χ3v) is 3.77. The van der Waals surface area contributed by atoms with Gasteiger partial charge in [0, 0.05) is 18.8 Å². The van der Waals surface area contributed by atoms with Crippen molar-refractivity contribution in [3.63, 3.8) is 0 Å². The third kappa shape index (κ3) is 6.83. The maximum Gasteiger partial charge on any atom is 0.416 e. The number of hydrogen-bond acceptors (Lipinski definition) is 5. The summed E-state index contributed by atoms with van der Waals surface area (Å²) in [4.78, 5) is 23.5. The summed E-state index contributed by atoms with van der Waals surface area (Å²) in [6.07, 6.45) is -0.607. The van der Waals surface area contributed by atoms with Crippen LogP contribution < -0.4 is 20.1 Å². The molecule has 0 atom stereocenters. The molecule has 0 aromatic heterocycles. The van der Waals surface area contributed by atoms with Gasteiger partial charge in [-0.25, -0.2) is 0 Å². The van der Waals surface area contributed by atoms with Gasteiger partial charge in [0.15, 0.2) is 11.5 Å². The van der Waals surface area contributed by atoms with E-state index in [1.165, 1.54) is 30.5 Å². The fraction of sp³-hybridized carbons (Fsp3) is 0.143. The zero-order chi connectivity index (χ0) is 23.7. The number of carbonyl (C=O) groups excluding carboxylic acids is 2. The van der Waals surface area contributed by atoms with Gasteiger partial charge in [0.2, 0.25) is 0 Å². The highest BCUT2D eigenvalue weighted by Gasteiger charge is 2.32. The van der Waals surface area contributed by atoms with Crippen LogP contribution in [-0.4, -0.2) is 25.9 Å². The van der Waals surface area contributed by atoms with Crippen molar-refractivity contribution in [2.75, 3.05) is 7.05 Å². The summed E-state index contributed by atoms with van der Waals surface area (Å²) >= 11 is 0. The monoisotopic (exact) mass is 456 g/mol. The Labute approximate surface area is 179 Å². The maximum atomic E-state index is 13.2. The number of aldehydes is 1. The topological polar surface area (TPSA) is 76.7 Å². The molecule has 2 aromatic carbocycles. The van der Waals surface area contributed by atoms with Crippen LogP contribution in [0.2, 0.25) is 0 Å². The Hall–Kier alpha value is -3.89. The summed E-state index contributed by atoms with van der Waals surface area (Å²) in [7, 11) is 1.57. The molecule has 170 valence electrons. The predicted molar refractivity (Wildman–Crippen MR) is 104 cm³/mol. The lowest BCUT2D eigenvalue weighted by Crippen LogP contribution is -2.23. The highest BCUT2D eigenvalue weighted by Crippen LogP contribution is 2.38. The molecule has 0 fully saturated rings. The van der Waals surface area contributed by atoms with Crippen molar-refractivity contribution < 1.29 is 41.0 Å². The van der Waals surface area contributed by atoms with Crippen LogP contribution in [0.25, 0.3) is 0 Å². The first kappa shape index (κ1) is 24.4. The Bertz CT molecular complexity index is 1020. The fourth-order valence-electron chi connectivity index (χ4n) is 2.40. The number of hydrogen-bond donors (Lipinski definition) is 2.